The van der Waals surface area contributed by atoms with E-state index in [1.165, 1.54) is 44.5 Å². The third-order valence-electron chi connectivity index (χ3n) is 3.23. The topological polar surface area (TPSA) is 15.3 Å². The summed E-state index contributed by atoms with van der Waals surface area (Å²) in [6.45, 7) is 7.31. The van der Waals surface area contributed by atoms with Crippen molar-refractivity contribution in [3.05, 3.63) is 12.7 Å². The molecule has 0 aromatic rings. The van der Waals surface area contributed by atoms with Gasteiger partial charge >= 0.3 is 0 Å². The molecule has 0 aromatic carbocycles. The molecular formula is C13H26N2S. The predicted octanol–water partition coefficient (Wildman–Crippen LogP) is 2.37. The zero-order valence-electron chi connectivity index (χ0n) is 10.6. The zero-order valence-corrected chi connectivity index (χ0v) is 11.4. The summed E-state index contributed by atoms with van der Waals surface area (Å²) in [5, 5.41) is 3.53. The highest BCUT2D eigenvalue weighted by molar-refractivity contribution is 7.99. The first kappa shape index (κ1) is 14.1. The summed E-state index contributed by atoms with van der Waals surface area (Å²) in [6, 6.07) is 0.821. The van der Waals surface area contributed by atoms with Crippen LogP contribution in [0.25, 0.3) is 0 Å². The second kappa shape index (κ2) is 9.08. The molecule has 1 unspecified atom stereocenters. The number of nitrogens with one attached hydrogen (secondary N) is 1. The highest BCUT2D eigenvalue weighted by Crippen LogP contribution is 2.16. The lowest BCUT2D eigenvalue weighted by Crippen LogP contribution is -2.38. The Kier molecular flexibility index (Phi) is 7.99. The molecule has 1 saturated heterocycles. The van der Waals surface area contributed by atoms with Crippen LogP contribution >= 0.6 is 11.8 Å². The van der Waals surface area contributed by atoms with Crippen LogP contribution in [0.2, 0.25) is 0 Å². The van der Waals surface area contributed by atoms with Gasteiger partial charge in [-0.05, 0) is 39.4 Å². The van der Waals surface area contributed by atoms with Crippen molar-refractivity contribution in [2.24, 2.45) is 0 Å². The number of thioether (sulfide) groups is 1. The van der Waals surface area contributed by atoms with Crippen molar-refractivity contribution >= 4 is 11.8 Å². The quantitative estimate of drug-likeness (QED) is 0.520. The van der Waals surface area contributed by atoms with Gasteiger partial charge in [0.1, 0.15) is 0 Å². The molecule has 0 amide bonds. The first-order valence-corrected chi connectivity index (χ1v) is 7.59. The van der Waals surface area contributed by atoms with Gasteiger partial charge in [0.25, 0.3) is 0 Å². The number of piperidine rings is 1. The van der Waals surface area contributed by atoms with E-state index in [0.717, 1.165) is 18.3 Å². The van der Waals surface area contributed by atoms with E-state index in [4.69, 9.17) is 0 Å². The molecule has 0 aliphatic carbocycles. The van der Waals surface area contributed by atoms with Crippen LogP contribution in [0.5, 0.6) is 0 Å². The average Bonchev–Trinajstić information content (AvgIpc) is 2.30. The molecule has 2 nitrogen and oxygen atoms in total. The van der Waals surface area contributed by atoms with Gasteiger partial charge in [0, 0.05) is 24.1 Å². The molecule has 16 heavy (non-hydrogen) atoms. The van der Waals surface area contributed by atoms with Crippen molar-refractivity contribution in [2.75, 3.05) is 38.2 Å². The molecule has 1 heterocycles. The Morgan fingerprint density at radius 3 is 3.06 bits per heavy atom. The molecule has 1 atom stereocenters. The molecular weight excluding hydrogens is 216 g/mol. The molecule has 0 spiro atoms. The van der Waals surface area contributed by atoms with Gasteiger partial charge in [0.2, 0.25) is 0 Å². The Bertz CT molecular complexity index is 185. The maximum Gasteiger partial charge on any atom is 0.0111 e. The molecule has 1 aliphatic rings. The van der Waals surface area contributed by atoms with Crippen molar-refractivity contribution in [1.82, 2.24) is 10.2 Å². The number of hydrogen-bond donors (Lipinski definition) is 1. The SMILES string of the molecule is C=CCSCCNCCC1CCCCN1C. The lowest BCUT2D eigenvalue weighted by molar-refractivity contribution is 0.176. The monoisotopic (exact) mass is 242 g/mol. The minimum atomic E-state index is 0.821. The first-order valence-electron chi connectivity index (χ1n) is 6.44. The lowest BCUT2D eigenvalue weighted by atomic mass is 10.0. The molecule has 0 radical (unpaired) electrons. The van der Waals surface area contributed by atoms with Gasteiger partial charge in [-0.3, -0.25) is 0 Å². The Hall–Kier alpha value is 0.01000. The van der Waals surface area contributed by atoms with Crippen molar-refractivity contribution in [3.8, 4) is 0 Å². The molecule has 1 N–H and O–H groups in total. The smallest absolute Gasteiger partial charge is 0.0111 e. The van der Waals surface area contributed by atoms with Gasteiger partial charge < -0.3 is 10.2 Å². The maximum absolute atomic E-state index is 3.72. The minimum Gasteiger partial charge on any atom is -0.316 e. The van der Waals surface area contributed by atoms with Gasteiger partial charge in [-0.1, -0.05) is 12.5 Å². The van der Waals surface area contributed by atoms with E-state index in [1.54, 1.807) is 0 Å². The molecule has 0 saturated carbocycles. The van der Waals surface area contributed by atoms with E-state index in [9.17, 15) is 0 Å². The Morgan fingerprint density at radius 2 is 2.31 bits per heavy atom. The standard InChI is InChI=1S/C13H26N2S/c1-3-11-16-12-9-14-8-7-13-6-4-5-10-15(13)2/h3,13-14H,1,4-12H2,2H3. The average molecular weight is 242 g/mol. The normalized spacial score (nSPS) is 22.2. The molecule has 1 aliphatic heterocycles. The molecule has 3 heteroatoms. The number of nitrogens with zero attached hydrogens (tertiary/aromatic N) is 1. The third-order valence-corrected chi connectivity index (χ3v) is 4.20. The minimum absolute atomic E-state index is 0.821. The predicted molar refractivity (Wildman–Crippen MR) is 75.3 cm³/mol. The van der Waals surface area contributed by atoms with Crippen molar-refractivity contribution in [1.29, 1.82) is 0 Å². The summed E-state index contributed by atoms with van der Waals surface area (Å²) < 4.78 is 0. The Balaban J connectivity index is 1.91. The van der Waals surface area contributed by atoms with Gasteiger partial charge in [-0.15, -0.1) is 6.58 Å². The second-order valence-electron chi connectivity index (χ2n) is 4.53. The van der Waals surface area contributed by atoms with Crippen LogP contribution in [0.4, 0.5) is 0 Å². The zero-order chi connectivity index (χ0) is 11.6. The number of likely N-dealkylation sites (tertiary alicyclic amines) is 1. The second-order valence-corrected chi connectivity index (χ2v) is 5.68. The summed E-state index contributed by atoms with van der Waals surface area (Å²) in [4.78, 5) is 2.53. The van der Waals surface area contributed by atoms with Crippen LogP contribution in [0, 0.1) is 0 Å². The van der Waals surface area contributed by atoms with E-state index >= 15 is 0 Å². The Labute approximate surface area is 105 Å². The van der Waals surface area contributed by atoms with Gasteiger partial charge in [0.15, 0.2) is 0 Å². The molecule has 0 aromatic heterocycles. The van der Waals surface area contributed by atoms with Crippen molar-refractivity contribution in [3.63, 3.8) is 0 Å². The summed E-state index contributed by atoms with van der Waals surface area (Å²) in [6.07, 6.45) is 7.48. The van der Waals surface area contributed by atoms with E-state index in [0.29, 0.717) is 0 Å². The fourth-order valence-electron chi connectivity index (χ4n) is 2.21. The fraction of sp³-hybridized carbons (Fsp3) is 0.846. The molecule has 1 rings (SSSR count). The van der Waals surface area contributed by atoms with Crippen LogP contribution in [-0.4, -0.2) is 49.1 Å². The van der Waals surface area contributed by atoms with Gasteiger partial charge in [-0.2, -0.15) is 11.8 Å². The fourth-order valence-corrected chi connectivity index (χ4v) is 2.84. The van der Waals surface area contributed by atoms with Crippen LogP contribution < -0.4 is 5.32 Å². The highest BCUT2D eigenvalue weighted by Gasteiger charge is 2.17. The van der Waals surface area contributed by atoms with Crippen LogP contribution in [0.15, 0.2) is 12.7 Å². The van der Waals surface area contributed by atoms with E-state index in [2.05, 4.69) is 23.8 Å². The van der Waals surface area contributed by atoms with E-state index < -0.39 is 0 Å². The summed E-state index contributed by atoms with van der Waals surface area (Å²) in [5.74, 6) is 2.28. The van der Waals surface area contributed by atoms with Crippen molar-refractivity contribution < 1.29 is 0 Å². The van der Waals surface area contributed by atoms with Crippen LogP contribution in [0.1, 0.15) is 25.7 Å². The first-order chi connectivity index (χ1) is 7.84. The Morgan fingerprint density at radius 1 is 1.44 bits per heavy atom. The van der Waals surface area contributed by atoms with Gasteiger partial charge in [-0.25, -0.2) is 0 Å². The maximum atomic E-state index is 3.72. The molecule has 94 valence electrons. The number of rotatable bonds is 8. The third kappa shape index (κ3) is 5.92. The van der Waals surface area contributed by atoms with Crippen molar-refractivity contribution in [2.45, 2.75) is 31.7 Å². The van der Waals surface area contributed by atoms with Crippen LogP contribution in [-0.2, 0) is 0 Å². The van der Waals surface area contributed by atoms with Gasteiger partial charge in [0.05, 0.1) is 0 Å². The molecule has 1 fully saturated rings. The summed E-state index contributed by atoms with van der Waals surface area (Å²) in [7, 11) is 2.27. The lowest BCUT2D eigenvalue weighted by Gasteiger charge is -2.32. The summed E-state index contributed by atoms with van der Waals surface area (Å²) in [5.41, 5.74) is 0. The summed E-state index contributed by atoms with van der Waals surface area (Å²) >= 11 is 1.95. The molecule has 0 bridgehead atoms. The van der Waals surface area contributed by atoms with E-state index in [1.807, 2.05) is 17.8 Å². The largest absolute Gasteiger partial charge is 0.316 e. The number of hydrogen-bond acceptors (Lipinski definition) is 3. The highest BCUT2D eigenvalue weighted by atomic mass is 32.2. The van der Waals surface area contributed by atoms with E-state index in [-0.39, 0.29) is 0 Å². The van der Waals surface area contributed by atoms with Crippen LogP contribution in [0.3, 0.4) is 0 Å².